The lowest BCUT2D eigenvalue weighted by Crippen LogP contribution is -2.18. The molecule has 0 bridgehead atoms. The van der Waals surface area contributed by atoms with Crippen LogP contribution < -0.4 is 15.4 Å². The Morgan fingerprint density at radius 1 is 1.07 bits per heavy atom. The average Bonchev–Trinajstić information content (AvgIpc) is 2.79. The van der Waals surface area contributed by atoms with Gasteiger partial charge < -0.3 is 15.4 Å². The number of hydrogen-bond donors (Lipinski definition) is 2. The van der Waals surface area contributed by atoms with Gasteiger partial charge in [-0.1, -0.05) is 12.0 Å². The Bertz CT molecular complexity index is 1280. The van der Waals surface area contributed by atoms with Gasteiger partial charge in [0.05, 0.1) is 5.52 Å². The standard InChI is InChI=1S/C23H17N5O2/c1-3-15-5-4-6-17(11-15)27-23-26-14-16-12-18(7-8-20(16)28-23)30-19-9-10-25-21(13-19)22(29)24-2/h1,4-14H,2H3,(H,24,29)(H,26,27,28). The number of amides is 1. The zero-order valence-electron chi connectivity index (χ0n) is 16.1. The molecular weight excluding hydrogens is 378 g/mol. The first-order valence-electron chi connectivity index (χ1n) is 9.11. The topological polar surface area (TPSA) is 89.0 Å². The molecule has 0 aliphatic carbocycles. The van der Waals surface area contributed by atoms with E-state index in [2.05, 4.69) is 31.5 Å². The van der Waals surface area contributed by atoms with Crippen molar-refractivity contribution in [2.24, 2.45) is 0 Å². The molecule has 146 valence electrons. The van der Waals surface area contributed by atoms with Gasteiger partial charge in [-0.3, -0.25) is 9.78 Å². The molecule has 2 aromatic carbocycles. The van der Waals surface area contributed by atoms with E-state index in [0.717, 1.165) is 22.2 Å². The highest BCUT2D eigenvalue weighted by Gasteiger charge is 2.08. The summed E-state index contributed by atoms with van der Waals surface area (Å²) in [6.45, 7) is 0. The molecular formula is C23H17N5O2. The summed E-state index contributed by atoms with van der Waals surface area (Å²) in [5.41, 5.74) is 2.63. The summed E-state index contributed by atoms with van der Waals surface area (Å²) in [5.74, 6) is 3.90. The number of aromatic nitrogens is 3. The van der Waals surface area contributed by atoms with E-state index in [1.807, 2.05) is 36.4 Å². The van der Waals surface area contributed by atoms with Crippen LogP contribution in [0.5, 0.6) is 11.5 Å². The Morgan fingerprint density at radius 2 is 1.93 bits per heavy atom. The fourth-order valence-corrected chi connectivity index (χ4v) is 2.81. The summed E-state index contributed by atoms with van der Waals surface area (Å²) in [5, 5.41) is 6.51. The summed E-state index contributed by atoms with van der Waals surface area (Å²) < 4.78 is 5.86. The number of nitrogens with one attached hydrogen (secondary N) is 2. The zero-order chi connectivity index (χ0) is 20.9. The molecule has 0 saturated carbocycles. The monoisotopic (exact) mass is 395 g/mol. The van der Waals surface area contributed by atoms with E-state index in [4.69, 9.17) is 11.2 Å². The Hall–Kier alpha value is -4.44. The highest BCUT2D eigenvalue weighted by atomic mass is 16.5. The van der Waals surface area contributed by atoms with Crippen molar-refractivity contribution in [1.29, 1.82) is 0 Å². The van der Waals surface area contributed by atoms with E-state index in [9.17, 15) is 4.79 Å². The minimum atomic E-state index is -0.278. The quantitative estimate of drug-likeness (QED) is 0.498. The van der Waals surface area contributed by atoms with Crippen LogP contribution in [0, 0.1) is 12.3 Å². The Balaban J connectivity index is 1.55. The van der Waals surface area contributed by atoms with Crippen molar-refractivity contribution in [3.8, 4) is 23.8 Å². The molecule has 7 heteroatoms. The van der Waals surface area contributed by atoms with Gasteiger partial charge in [-0.05, 0) is 42.5 Å². The predicted molar refractivity (Wildman–Crippen MR) is 115 cm³/mol. The van der Waals surface area contributed by atoms with Gasteiger partial charge in [-0.15, -0.1) is 6.42 Å². The molecule has 30 heavy (non-hydrogen) atoms. The first-order valence-corrected chi connectivity index (χ1v) is 9.11. The molecule has 0 spiro atoms. The third-order valence-electron chi connectivity index (χ3n) is 4.26. The molecule has 0 fully saturated rings. The number of fused-ring (bicyclic) bond motifs is 1. The van der Waals surface area contributed by atoms with E-state index in [1.54, 1.807) is 31.4 Å². The van der Waals surface area contributed by atoms with Crippen molar-refractivity contribution in [3.05, 3.63) is 78.2 Å². The SMILES string of the molecule is C#Cc1cccc(Nc2ncc3cc(Oc4ccnc(C(=O)NC)c4)ccc3n2)c1. The molecule has 0 aliphatic rings. The maximum atomic E-state index is 11.7. The number of anilines is 2. The number of hydrogen-bond acceptors (Lipinski definition) is 6. The van der Waals surface area contributed by atoms with E-state index < -0.39 is 0 Å². The zero-order valence-corrected chi connectivity index (χ0v) is 16.1. The fraction of sp³-hybridized carbons (Fsp3) is 0.0435. The fourth-order valence-electron chi connectivity index (χ4n) is 2.81. The normalized spacial score (nSPS) is 10.3. The third kappa shape index (κ3) is 4.18. The van der Waals surface area contributed by atoms with Gasteiger partial charge >= 0.3 is 0 Å². The molecule has 0 aliphatic heterocycles. The van der Waals surface area contributed by atoms with Crippen LogP contribution in [0.15, 0.2) is 67.0 Å². The number of benzene rings is 2. The number of pyridine rings is 1. The van der Waals surface area contributed by atoms with Crippen LogP contribution in [-0.2, 0) is 0 Å². The minimum absolute atomic E-state index is 0.278. The largest absolute Gasteiger partial charge is 0.457 e. The molecule has 7 nitrogen and oxygen atoms in total. The lowest BCUT2D eigenvalue weighted by Gasteiger charge is -2.09. The average molecular weight is 395 g/mol. The first kappa shape index (κ1) is 18.9. The Kier molecular flexibility index (Phi) is 5.22. The van der Waals surface area contributed by atoms with E-state index >= 15 is 0 Å². The second-order valence-corrected chi connectivity index (χ2v) is 6.32. The number of carbonyl (C=O) groups is 1. The molecule has 0 radical (unpaired) electrons. The molecule has 2 heterocycles. The van der Waals surface area contributed by atoms with Crippen LogP contribution in [0.3, 0.4) is 0 Å². The van der Waals surface area contributed by atoms with Crippen molar-refractivity contribution in [2.75, 3.05) is 12.4 Å². The highest BCUT2D eigenvalue weighted by molar-refractivity contribution is 5.92. The van der Waals surface area contributed by atoms with Crippen molar-refractivity contribution >= 4 is 28.4 Å². The minimum Gasteiger partial charge on any atom is -0.457 e. The van der Waals surface area contributed by atoms with Crippen LogP contribution in [0.1, 0.15) is 16.1 Å². The summed E-state index contributed by atoms with van der Waals surface area (Å²) in [7, 11) is 1.55. The molecule has 2 aromatic heterocycles. The van der Waals surface area contributed by atoms with Crippen LogP contribution in [0.4, 0.5) is 11.6 Å². The number of nitrogens with zero attached hydrogens (tertiary/aromatic N) is 3. The summed E-state index contributed by atoms with van der Waals surface area (Å²) >= 11 is 0. The maximum Gasteiger partial charge on any atom is 0.269 e. The molecule has 0 saturated heterocycles. The van der Waals surface area contributed by atoms with Crippen LogP contribution >= 0.6 is 0 Å². The van der Waals surface area contributed by atoms with Gasteiger partial charge in [-0.25, -0.2) is 9.97 Å². The molecule has 4 rings (SSSR count). The summed E-state index contributed by atoms with van der Waals surface area (Å²) in [6.07, 6.45) is 8.68. The van der Waals surface area contributed by atoms with Gasteiger partial charge in [0.2, 0.25) is 5.95 Å². The van der Waals surface area contributed by atoms with Crippen molar-refractivity contribution in [3.63, 3.8) is 0 Å². The second-order valence-electron chi connectivity index (χ2n) is 6.32. The lowest BCUT2D eigenvalue weighted by molar-refractivity contribution is 0.0958. The summed E-state index contributed by atoms with van der Waals surface area (Å²) in [4.78, 5) is 24.6. The first-order chi connectivity index (χ1) is 14.6. The van der Waals surface area contributed by atoms with E-state index in [-0.39, 0.29) is 11.6 Å². The second kappa shape index (κ2) is 8.29. The number of rotatable bonds is 5. The smallest absolute Gasteiger partial charge is 0.269 e. The molecule has 2 N–H and O–H groups in total. The van der Waals surface area contributed by atoms with E-state index in [1.165, 1.54) is 6.20 Å². The number of carbonyl (C=O) groups excluding carboxylic acids is 1. The lowest BCUT2D eigenvalue weighted by atomic mass is 10.2. The number of terminal acetylenes is 1. The van der Waals surface area contributed by atoms with Gasteiger partial charge in [0.15, 0.2) is 0 Å². The predicted octanol–water partition coefficient (Wildman–Crippen LogP) is 3.90. The molecule has 4 aromatic rings. The molecule has 1 amide bonds. The molecule has 0 unspecified atom stereocenters. The van der Waals surface area contributed by atoms with Crippen LogP contribution in [-0.4, -0.2) is 27.9 Å². The van der Waals surface area contributed by atoms with Gasteiger partial charge in [-0.2, -0.15) is 0 Å². The van der Waals surface area contributed by atoms with Gasteiger partial charge in [0.25, 0.3) is 5.91 Å². The van der Waals surface area contributed by atoms with Gasteiger partial charge in [0, 0.05) is 42.1 Å². The third-order valence-corrected chi connectivity index (χ3v) is 4.26. The van der Waals surface area contributed by atoms with Crippen LogP contribution in [0.2, 0.25) is 0 Å². The Morgan fingerprint density at radius 3 is 2.77 bits per heavy atom. The van der Waals surface area contributed by atoms with Crippen molar-refractivity contribution in [2.45, 2.75) is 0 Å². The molecule has 0 atom stereocenters. The van der Waals surface area contributed by atoms with Crippen LogP contribution in [0.25, 0.3) is 10.9 Å². The maximum absolute atomic E-state index is 11.7. The summed E-state index contributed by atoms with van der Waals surface area (Å²) in [6, 6.07) is 16.2. The highest BCUT2D eigenvalue weighted by Crippen LogP contribution is 2.26. The van der Waals surface area contributed by atoms with E-state index in [0.29, 0.717) is 17.4 Å². The Labute approximate surface area is 173 Å². The van der Waals surface area contributed by atoms with Gasteiger partial charge in [0.1, 0.15) is 17.2 Å². The van der Waals surface area contributed by atoms with Crippen molar-refractivity contribution < 1.29 is 9.53 Å². The number of ether oxygens (including phenoxy) is 1. The van der Waals surface area contributed by atoms with Crippen molar-refractivity contribution in [1.82, 2.24) is 20.3 Å².